The lowest BCUT2D eigenvalue weighted by Crippen LogP contribution is -2.57. The van der Waals surface area contributed by atoms with Crippen LogP contribution in [0.15, 0.2) is 42.5 Å². The Labute approximate surface area is 178 Å². The summed E-state index contributed by atoms with van der Waals surface area (Å²) < 4.78 is 5.54. The van der Waals surface area contributed by atoms with Crippen molar-refractivity contribution < 1.29 is 14.3 Å². The first-order valence-electron chi connectivity index (χ1n) is 11.2. The van der Waals surface area contributed by atoms with Crippen LogP contribution in [0.2, 0.25) is 0 Å². The van der Waals surface area contributed by atoms with Crippen LogP contribution < -0.4 is 16.0 Å². The highest BCUT2D eigenvalue weighted by Crippen LogP contribution is 2.35. The lowest BCUT2D eigenvalue weighted by atomic mass is 9.75. The molecule has 0 aliphatic carbocycles. The molecule has 0 aromatic heterocycles. The smallest absolute Gasteiger partial charge is 0.243 e. The average molecular weight is 412 g/mol. The highest BCUT2D eigenvalue weighted by atomic mass is 16.5. The Morgan fingerprint density at radius 1 is 1.03 bits per heavy atom. The van der Waals surface area contributed by atoms with E-state index < -0.39 is 11.5 Å². The fraction of sp³-hybridized carbons (Fsp3) is 0.583. The predicted molar refractivity (Wildman–Crippen MR) is 116 cm³/mol. The lowest BCUT2D eigenvalue weighted by Gasteiger charge is -2.38. The summed E-state index contributed by atoms with van der Waals surface area (Å²) in [4.78, 5) is 26.8. The number of fused-ring (bicyclic) bond motifs is 1. The number of carbonyl (C=O) groups is 2. The van der Waals surface area contributed by atoms with E-state index >= 15 is 0 Å². The third-order valence-electron chi connectivity index (χ3n) is 6.89. The molecule has 3 aliphatic heterocycles. The van der Waals surface area contributed by atoms with Gasteiger partial charge in [0.05, 0.1) is 5.41 Å². The van der Waals surface area contributed by atoms with Crippen molar-refractivity contribution in [3.05, 3.63) is 48.0 Å². The Morgan fingerprint density at radius 3 is 2.63 bits per heavy atom. The van der Waals surface area contributed by atoms with Gasteiger partial charge < -0.3 is 20.7 Å². The first-order chi connectivity index (χ1) is 14.7. The first kappa shape index (κ1) is 21.1. The molecule has 162 valence electrons. The van der Waals surface area contributed by atoms with E-state index in [4.69, 9.17) is 4.74 Å². The summed E-state index contributed by atoms with van der Waals surface area (Å²) in [6.45, 7) is 2.99. The van der Waals surface area contributed by atoms with Crippen LogP contribution in [0, 0.1) is 11.3 Å². The summed E-state index contributed by atoms with van der Waals surface area (Å²) in [6, 6.07) is 9.49. The second-order valence-electron chi connectivity index (χ2n) is 8.89. The van der Waals surface area contributed by atoms with Crippen LogP contribution in [-0.4, -0.2) is 50.2 Å². The number of piperidine rings is 1. The number of hydrogen-bond acceptors (Lipinski definition) is 4. The summed E-state index contributed by atoms with van der Waals surface area (Å²) in [5.41, 5.74) is 0.556. The molecule has 6 heteroatoms. The number of nitrogens with one attached hydrogen (secondary N) is 3. The normalized spacial score (nSPS) is 29.8. The van der Waals surface area contributed by atoms with E-state index in [1.807, 2.05) is 30.3 Å². The lowest BCUT2D eigenvalue weighted by molar-refractivity contribution is -0.140. The molecule has 6 nitrogen and oxygen atoms in total. The molecule has 3 aliphatic rings. The molecular weight excluding hydrogens is 378 g/mol. The van der Waals surface area contributed by atoms with Crippen molar-refractivity contribution in [3.63, 3.8) is 0 Å². The quantitative estimate of drug-likeness (QED) is 0.650. The number of amides is 2. The second-order valence-corrected chi connectivity index (χ2v) is 8.89. The maximum Gasteiger partial charge on any atom is 0.243 e. The Hall–Kier alpha value is -2.18. The van der Waals surface area contributed by atoms with Crippen LogP contribution >= 0.6 is 0 Å². The van der Waals surface area contributed by atoms with Crippen molar-refractivity contribution in [1.82, 2.24) is 16.0 Å². The van der Waals surface area contributed by atoms with Gasteiger partial charge in [0.15, 0.2) is 0 Å². The van der Waals surface area contributed by atoms with E-state index in [1.54, 1.807) is 0 Å². The average Bonchev–Trinajstić information content (AvgIpc) is 2.78. The third-order valence-corrected chi connectivity index (χ3v) is 6.89. The zero-order valence-electron chi connectivity index (χ0n) is 17.6. The summed E-state index contributed by atoms with van der Waals surface area (Å²) in [6.07, 6.45) is 8.78. The standard InChI is InChI=1S/C24H33N3O3/c28-22-21(16-18-6-2-1-3-7-18)27-23(29)24(11-14-30-15-12-24)10-5-4-8-19-17-25-13-9-20(19)26-22/h1-7,19-21,25H,8-17H2,(H,26,28)(H,27,29)/t19-,20+,21-/m0/s1. The molecule has 2 amide bonds. The Bertz CT molecular complexity index is 758. The van der Waals surface area contributed by atoms with Gasteiger partial charge >= 0.3 is 0 Å². The molecule has 0 radical (unpaired) electrons. The van der Waals surface area contributed by atoms with Crippen molar-refractivity contribution in [1.29, 1.82) is 0 Å². The minimum absolute atomic E-state index is 0.0195. The SMILES string of the molecule is O=C1N[C@@H]2CCNC[C@@H]2CC=CCC2(CCOCC2)C(=O)N[C@H]1Cc1ccccc1. The number of carbonyl (C=O) groups excluding carboxylic acids is 2. The van der Waals surface area contributed by atoms with Gasteiger partial charge in [-0.15, -0.1) is 0 Å². The van der Waals surface area contributed by atoms with Gasteiger partial charge in [-0.2, -0.15) is 0 Å². The molecule has 0 bridgehead atoms. The molecule has 1 spiro atoms. The summed E-state index contributed by atoms with van der Waals surface area (Å²) in [7, 11) is 0. The van der Waals surface area contributed by atoms with E-state index in [9.17, 15) is 9.59 Å². The number of allylic oxidation sites excluding steroid dienone is 2. The van der Waals surface area contributed by atoms with Crippen LogP contribution in [0.1, 0.15) is 37.7 Å². The second kappa shape index (κ2) is 9.75. The Balaban J connectivity index is 1.61. The van der Waals surface area contributed by atoms with E-state index in [-0.39, 0.29) is 17.9 Å². The van der Waals surface area contributed by atoms with E-state index in [1.165, 1.54) is 0 Å². The minimum atomic E-state index is -0.571. The molecule has 0 unspecified atom stereocenters. The van der Waals surface area contributed by atoms with Crippen LogP contribution in [0.4, 0.5) is 0 Å². The largest absolute Gasteiger partial charge is 0.381 e. The molecule has 0 saturated carbocycles. The number of hydrogen-bond donors (Lipinski definition) is 3. The zero-order valence-corrected chi connectivity index (χ0v) is 17.6. The van der Waals surface area contributed by atoms with Crippen LogP contribution in [0.3, 0.4) is 0 Å². The first-order valence-corrected chi connectivity index (χ1v) is 11.2. The van der Waals surface area contributed by atoms with Crippen LogP contribution in [0.5, 0.6) is 0 Å². The van der Waals surface area contributed by atoms with E-state index in [2.05, 4.69) is 28.1 Å². The van der Waals surface area contributed by atoms with Crippen molar-refractivity contribution in [2.75, 3.05) is 26.3 Å². The van der Waals surface area contributed by atoms with Crippen molar-refractivity contribution in [3.8, 4) is 0 Å². The van der Waals surface area contributed by atoms with Crippen LogP contribution in [0.25, 0.3) is 0 Å². The monoisotopic (exact) mass is 411 g/mol. The van der Waals surface area contributed by atoms with Gasteiger partial charge in [-0.3, -0.25) is 9.59 Å². The van der Waals surface area contributed by atoms with Crippen molar-refractivity contribution >= 4 is 11.8 Å². The van der Waals surface area contributed by atoms with E-state index in [0.717, 1.165) is 31.5 Å². The molecule has 1 aromatic rings. The number of benzene rings is 1. The van der Waals surface area contributed by atoms with Gasteiger partial charge in [0.2, 0.25) is 11.8 Å². The third kappa shape index (κ3) is 4.93. The molecule has 3 atom stereocenters. The summed E-state index contributed by atoms with van der Waals surface area (Å²) in [5.74, 6) is 0.280. The summed E-state index contributed by atoms with van der Waals surface area (Å²) in [5, 5.41) is 9.85. The van der Waals surface area contributed by atoms with Crippen molar-refractivity contribution in [2.45, 2.75) is 50.6 Å². The maximum absolute atomic E-state index is 13.4. The maximum atomic E-state index is 13.4. The number of rotatable bonds is 2. The van der Waals surface area contributed by atoms with Crippen LogP contribution in [-0.2, 0) is 20.7 Å². The Kier molecular flexibility index (Phi) is 6.85. The van der Waals surface area contributed by atoms with Gasteiger partial charge in [0, 0.05) is 32.2 Å². The predicted octanol–water partition coefficient (Wildman–Crippen LogP) is 1.95. The molecule has 3 heterocycles. The minimum Gasteiger partial charge on any atom is -0.381 e. The van der Waals surface area contributed by atoms with Gasteiger partial charge in [0.1, 0.15) is 6.04 Å². The van der Waals surface area contributed by atoms with Gasteiger partial charge in [-0.25, -0.2) is 0 Å². The van der Waals surface area contributed by atoms with Crippen molar-refractivity contribution in [2.24, 2.45) is 11.3 Å². The summed E-state index contributed by atoms with van der Waals surface area (Å²) >= 11 is 0. The fourth-order valence-corrected chi connectivity index (χ4v) is 4.88. The molecule has 30 heavy (non-hydrogen) atoms. The topological polar surface area (TPSA) is 79.5 Å². The Morgan fingerprint density at radius 2 is 1.83 bits per heavy atom. The molecular formula is C24H33N3O3. The zero-order chi connectivity index (χ0) is 20.8. The van der Waals surface area contributed by atoms with E-state index in [0.29, 0.717) is 44.8 Å². The fourth-order valence-electron chi connectivity index (χ4n) is 4.88. The van der Waals surface area contributed by atoms with Gasteiger partial charge in [-0.1, -0.05) is 42.5 Å². The molecule has 1 aromatic carbocycles. The number of ether oxygens (including phenoxy) is 1. The highest BCUT2D eigenvalue weighted by molar-refractivity contribution is 5.90. The molecule has 2 saturated heterocycles. The molecule has 2 fully saturated rings. The van der Waals surface area contributed by atoms with Gasteiger partial charge in [0.25, 0.3) is 0 Å². The van der Waals surface area contributed by atoms with Gasteiger partial charge in [-0.05, 0) is 50.1 Å². The molecule has 4 rings (SSSR count). The highest BCUT2D eigenvalue weighted by Gasteiger charge is 2.41. The molecule has 3 N–H and O–H groups in total.